The molecule has 0 saturated carbocycles. The van der Waals surface area contributed by atoms with E-state index < -0.39 is 0 Å². The largest absolute Gasteiger partial charge is 0.469 e. The Bertz CT molecular complexity index is 535. The summed E-state index contributed by atoms with van der Waals surface area (Å²) in [6, 6.07) is 7.90. The van der Waals surface area contributed by atoms with Gasteiger partial charge in [-0.15, -0.1) is 0 Å². The Morgan fingerprint density at radius 1 is 1.39 bits per heavy atom. The summed E-state index contributed by atoms with van der Waals surface area (Å²) in [5.74, 6) is 0.364. The van der Waals surface area contributed by atoms with Crippen LogP contribution in [0.4, 0.5) is 10.1 Å². The van der Waals surface area contributed by atoms with Gasteiger partial charge in [0.2, 0.25) is 5.91 Å². The van der Waals surface area contributed by atoms with Crippen LogP contribution in [-0.4, -0.2) is 5.91 Å². The van der Waals surface area contributed by atoms with E-state index in [9.17, 15) is 9.18 Å². The molecule has 0 saturated heterocycles. The number of hydrogen-bond donors (Lipinski definition) is 1. The Morgan fingerprint density at radius 3 is 2.89 bits per heavy atom. The van der Waals surface area contributed by atoms with Crippen LogP contribution in [-0.2, 0) is 11.2 Å². The molecule has 1 heterocycles. The van der Waals surface area contributed by atoms with Gasteiger partial charge >= 0.3 is 0 Å². The first-order valence-corrected chi connectivity index (χ1v) is 5.73. The number of amides is 1. The summed E-state index contributed by atoms with van der Waals surface area (Å²) in [7, 11) is 0. The summed E-state index contributed by atoms with van der Waals surface area (Å²) in [4.78, 5) is 11.7. The smallest absolute Gasteiger partial charge is 0.224 e. The predicted octanol–water partition coefficient (Wildman–Crippen LogP) is 3.30. The van der Waals surface area contributed by atoms with E-state index >= 15 is 0 Å². The zero-order valence-electron chi connectivity index (χ0n) is 10.1. The van der Waals surface area contributed by atoms with Gasteiger partial charge in [-0.1, -0.05) is 0 Å². The number of benzene rings is 1. The zero-order valence-corrected chi connectivity index (χ0v) is 10.1. The van der Waals surface area contributed by atoms with Gasteiger partial charge in [-0.25, -0.2) is 4.39 Å². The van der Waals surface area contributed by atoms with Gasteiger partial charge in [0, 0.05) is 18.5 Å². The molecule has 3 nitrogen and oxygen atoms in total. The highest BCUT2D eigenvalue weighted by Crippen LogP contribution is 2.16. The number of anilines is 1. The molecule has 0 spiro atoms. The summed E-state index contributed by atoms with van der Waals surface area (Å²) >= 11 is 0. The molecule has 4 heteroatoms. The SMILES string of the molecule is Cc1cc(F)ccc1NC(=O)CCc1ccco1. The highest BCUT2D eigenvalue weighted by atomic mass is 19.1. The van der Waals surface area contributed by atoms with Crippen molar-refractivity contribution in [1.29, 1.82) is 0 Å². The molecule has 0 unspecified atom stereocenters. The minimum Gasteiger partial charge on any atom is -0.469 e. The fraction of sp³-hybridized carbons (Fsp3) is 0.214. The second-order valence-electron chi connectivity index (χ2n) is 4.09. The molecule has 1 aromatic carbocycles. The first-order chi connectivity index (χ1) is 8.65. The van der Waals surface area contributed by atoms with E-state index in [2.05, 4.69) is 5.32 Å². The van der Waals surface area contributed by atoms with Gasteiger partial charge in [-0.3, -0.25) is 4.79 Å². The summed E-state index contributed by atoms with van der Waals surface area (Å²) < 4.78 is 18.0. The van der Waals surface area contributed by atoms with Gasteiger partial charge in [0.25, 0.3) is 0 Å². The van der Waals surface area contributed by atoms with Gasteiger partial charge in [-0.05, 0) is 42.8 Å². The maximum absolute atomic E-state index is 12.9. The van der Waals surface area contributed by atoms with Crippen LogP contribution in [0.25, 0.3) is 0 Å². The Labute approximate surface area is 105 Å². The lowest BCUT2D eigenvalue weighted by Gasteiger charge is -2.07. The molecule has 18 heavy (non-hydrogen) atoms. The third-order valence-electron chi connectivity index (χ3n) is 2.64. The van der Waals surface area contributed by atoms with Crippen LogP contribution in [0.3, 0.4) is 0 Å². The number of hydrogen-bond acceptors (Lipinski definition) is 2. The molecule has 2 rings (SSSR count). The van der Waals surface area contributed by atoms with Crippen molar-refractivity contribution in [3.05, 3.63) is 53.7 Å². The van der Waals surface area contributed by atoms with Crippen molar-refractivity contribution in [3.8, 4) is 0 Å². The third-order valence-corrected chi connectivity index (χ3v) is 2.64. The average Bonchev–Trinajstić information content (AvgIpc) is 2.83. The van der Waals surface area contributed by atoms with E-state index in [1.165, 1.54) is 12.1 Å². The highest BCUT2D eigenvalue weighted by molar-refractivity contribution is 5.91. The molecule has 0 atom stereocenters. The molecule has 1 N–H and O–H groups in total. The van der Waals surface area contributed by atoms with Crippen molar-refractivity contribution < 1.29 is 13.6 Å². The lowest BCUT2D eigenvalue weighted by molar-refractivity contribution is -0.116. The Kier molecular flexibility index (Phi) is 3.77. The molecule has 0 fully saturated rings. The molecular formula is C14H14FNO2. The minimum atomic E-state index is -0.305. The molecule has 0 aliphatic rings. The van der Waals surface area contributed by atoms with Crippen molar-refractivity contribution >= 4 is 11.6 Å². The summed E-state index contributed by atoms with van der Waals surface area (Å²) in [6.07, 6.45) is 2.47. The van der Waals surface area contributed by atoms with Gasteiger partial charge in [0.15, 0.2) is 0 Å². The van der Waals surface area contributed by atoms with Crippen molar-refractivity contribution in [2.24, 2.45) is 0 Å². The number of furan rings is 1. The average molecular weight is 247 g/mol. The van der Waals surface area contributed by atoms with E-state index in [0.29, 0.717) is 24.1 Å². The predicted molar refractivity (Wildman–Crippen MR) is 66.8 cm³/mol. The van der Waals surface area contributed by atoms with Crippen molar-refractivity contribution in [1.82, 2.24) is 0 Å². The van der Waals surface area contributed by atoms with Crippen LogP contribution in [0.1, 0.15) is 17.7 Å². The van der Waals surface area contributed by atoms with Crippen LogP contribution in [0.15, 0.2) is 41.0 Å². The third kappa shape index (κ3) is 3.20. The molecule has 2 aromatic rings. The highest BCUT2D eigenvalue weighted by Gasteiger charge is 2.06. The van der Waals surface area contributed by atoms with Crippen molar-refractivity contribution in [3.63, 3.8) is 0 Å². The monoisotopic (exact) mass is 247 g/mol. The molecular weight excluding hydrogens is 233 g/mol. The van der Waals surface area contributed by atoms with E-state index in [1.54, 1.807) is 25.3 Å². The number of carbonyl (C=O) groups is 1. The summed E-state index contributed by atoms with van der Waals surface area (Å²) in [6.45, 7) is 1.76. The van der Waals surface area contributed by atoms with Crippen LogP contribution >= 0.6 is 0 Å². The molecule has 0 bridgehead atoms. The minimum absolute atomic E-state index is 0.110. The molecule has 0 aliphatic heterocycles. The van der Waals surface area contributed by atoms with Crippen molar-refractivity contribution in [2.45, 2.75) is 19.8 Å². The van der Waals surface area contributed by atoms with Gasteiger partial charge in [0.1, 0.15) is 11.6 Å². The fourth-order valence-corrected chi connectivity index (χ4v) is 1.67. The topological polar surface area (TPSA) is 42.2 Å². The maximum Gasteiger partial charge on any atom is 0.224 e. The molecule has 1 amide bonds. The quantitative estimate of drug-likeness (QED) is 0.900. The molecule has 0 aliphatic carbocycles. The lowest BCUT2D eigenvalue weighted by atomic mass is 10.2. The summed E-state index contributed by atoms with van der Waals surface area (Å²) in [5, 5.41) is 2.75. The van der Waals surface area contributed by atoms with E-state index in [4.69, 9.17) is 4.42 Å². The van der Waals surface area contributed by atoms with E-state index in [-0.39, 0.29) is 11.7 Å². The molecule has 0 radical (unpaired) electrons. The lowest BCUT2D eigenvalue weighted by Crippen LogP contribution is -2.13. The van der Waals surface area contributed by atoms with E-state index in [0.717, 1.165) is 5.76 Å². The van der Waals surface area contributed by atoms with Gasteiger partial charge in [0.05, 0.1) is 6.26 Å². The van der Waals surface area contributed by atoms with Gasteiger partial charge in [-0.2, -0.15) is 0 Å². The summed E-state index contributed by atoms with van der Waals surface area (Å²) in [5.41, 5.74) is 1.35. The first kappa shape index (κ1) is 12.4. The first-order valence-electron chi connectivity index (χ1n) is 5.73. The Morgan fingerprint density at radius 2 is 2.22 bits per heavy atom. The number of nitrogens with one attached hydrogen (secondary N) is 1. The van der Waals surface area contributed by atoms with Crippen LogP contribution in [0.5, 0.6) is 0 Å². The van der Waals surface area contributed by atoms with Crippen LogP contribution in [0.2, 0.25) is 0 Å². The second kappa shape index (κ2) is 5.49. The fourth-order valence-electron chi connectivity index (χ4n) is 1.67. The van der Waals surface area contributed by atoms with Crippen molar-refractivity contribution in [2.75, 3.05) is 5.32 Å². The zero-order chi connectivity index (χ0) is 13.0. The van der Waals surface area contributed by atoms with Crippen LogP contribution < -0.4 is 5.32 Å². The van der Waals surface area contributed by atoms with E-state index in [1.807, 2.05) is 6.07 Å². The van der Waals surface area contributed by atoms with Crippen LogP contribution in [0, 0.1) is 12.7 Å². The molecule has 1 aromatic heterocycles. The number of carbonyl (C=O) groups excluding carboxylic acids is 1. The molecule has 94 valence electrons. The standard InChI is InChI=1S/C14H14FNO2/c1-10-9-11(15)4-6-13(10)16-14(17)7-5-12-3-2-8-18-12/h2-4,6,8-9H,5,7H2,1H3,(H,16,17). The normalized spacial score (nSPS) is 10.3. The van der Waals surface area contributed by atoms with Gasteiger partial charge < -0.3 is 9.73 Å². The second-order valence-corrected chi connectivity index (χ2v) is 4.09. The maximum atomic E-state index is 12.9. The number of aryl methyl sites for hydroxylation is 2. The number of rotatable bonds is 4. The number of halogens is 1. The Balaban J connectivity index is 1.91. The Hall–Kier alpha value is -2.10.